The molecule has 2 heterocycles. The minimum Gasteiger partial charge on any atom is -0.454 e. The van der Waals surface area contributed by atoms with E-state index in [4.69, 9.17) is 16.3 Å². The Hall–Kier alpha value is -2.66. The van der Waals surface area contributed by atoms with Crippen LogP contribution in [-0.4, -0.2) is 21.7 Å². The Kier molecular flexibility index (Phi) is 4.36. The molecule has 0 saturated carbocycles. The van der Waals surface area contributed by atoms with Gasteiger partial charge in [-0.3, -0.25) is 4.79 Å². The lowest BCUT2D eigenvalue weighted by molar-refractivity contribution is 0.0462. The zero-order valence-corrected chi connectivity index (χ0v) is 14.0. The number of carbonyl (C=O) groups excluding carboxylic acids is 2. The number of fused-ring (bicyclic) bond motifs is 1. The predicted molar refractivity (Wildman–Crippen MR) is 91.4 cm³/mol. The number of ketones is 1. The van der Waals surface area contributed by atoms with Crippen LogP contribution in [0.4, 0.5) is 0 Å². The van der Waals surface area contributed by atoms with Crippen LogP contribution >= 0.6 is 11.6 Å². The molecule has 1 N–H and O–H groups in total. The van der Waals surface area contributed by atoms with Crippen LogP contribution in [0.2, 0.25) is 5.02 Å². The van der Waals surface area contributed by atoms with Gasteiger partial charge in [-0.15, -0.1) is 0 Å². The van der Waals surface area contributed by atoms with E-state index in [0.29, 0.717) is 16.3 Å². The van der Waals surface area contributed by atoms with Crippen molar-refractivity contribution in [1.29, 1.82) is 0 Å². The maximum atomic E-state index is 12.1. The summed E-state index contributed by atoms with van der Waals surface area (Å²) in [5.41, 5.74) is 2.84. The first-order valence-corrected chi connectivity index (χ1v) is 7.75. The van der Waals surface area contributed by atoms with E-state index in [0.717, 1.165) is 16.5 Å². The number of nitrogens with zero attached hydrogens (tertiary/aromatic N) is 1. The van der Waals surface area contributed by atoms with Gasteiger partial charge in [0.05, 0.1) is 16.2 Å². The Bertz CT molecular complexity index is 947. The Balaban J connectivity index is 1.81. The lowest BCUT2D eigenvalue weighted by atomic mass is 10.1. The number of hydrogen-bond acceptors (Lipinski definition) is 4. The summed E-state index contributed by atoms with van der Waals surface area (Å²) in [7, 11) is 0. The van der Waals surface area contributed by atoms with E-state index in [1.54, 1.807) is 0 Å². The molecule has 6 heteroatoms. The molecule has 0 aliphatic heterocycles. The molecule has 1 aromatic carbocycles. The van der Waals surface area contributed by atoms with Gasteiger partial charge in [0, 0.05) is 17.1 Å². The molecule has 5 nitrogen and oxygen atoms in total. The minimum absolute atomic E-state index is 0.0439. The third-order valence-electron chi connectivity index (χ3n) is 3.80. The van der Waals surface area contributed by atoms with Crippen LogP contribution in [0.15, 0.2) is 36.5 Å². The van der Waals surface area contributed by atoms with Crippen molar-refractivity contribution in [3.05, 3.63) is 64.1 Å². The maximum Gasteiger partial charge on any atom is 0.355 e. The lowest BCUT2D eigenvalue weighted by Crippen LogP contribution is -2.07. The monoisotopic (exact) mass is 342 g/mol. The molecule has 122 valence electrons. The van der Waals surface area contributed by atoms with Gasteiger partial charge in [-0.05, 0) is 31.5 Å². The number of esters is 1. The fraction of sp³-hybridized carbons (Fsp3) is 0.167. The van der Waals surface area contributed by atoms with Crippen LogP contribution in [0.25, 0.3) is 10.9 Å². The van der Waals surface area contributed by atoms with Crippen molar-refractivity contribution in [3.63, 3.8) is 0 Å². The number of halogens is 1. The highest BCUT2D eigenvalue weighted by Gasteiger charge is 2.15. The third kappa shape index (κ3) is 3.03. The van der Waals surface area contributed by atoms with Gasteiger partial charge < -0.3 is 9.72 Å². The number of para-hydroxylation sites is 1. The van der Waals surface area contributed by atoms with Crippen LogP contribution in [-0.2, 0) is 11.3 Å². The summed E-state index contributed by atoms with van der Waals surface area (Å²) in [6, 6.07) is 9.10. The SMILES string of the molecule is CC(=O)c1c[nH]c(C(=O)OCc2nc3ccccc3c(C)c2Cl)c1. The van der Waals surface area contributed by atoms with Crippen molar-refractivity contribution in [2.24, 2.45) is 0 Å². The number of benzene rings is 1. The van der Waals surface area contributed by atoms with Crippen molar-refractivity contribution in [2.75, 3.05) is 0 Å². The highest BCUT2D eigenvalue weighted by molar-refractivity contribution is 6.32. The number of pyridine rings is 1. The van der Waals surface area contributed by atoms with Crippen LogP contribution in [0.1, 0.15) is 39.0 Å². The first-order chi connectivity index (χ1) is 11.5. The van der Waals surface area contributed by atoms with Gasteiger partial charge in [0.2, 0.25) is 0 Å². The topological polar surface area (TPSA) is 72.0 Å². The summed E-state index contributed by atoms with van der Waals surface area (Å²) < 4.78 is 5.26. The normalized spacial score (nSPS) is 10.8. The van der Waals surface area contributed by atoms with Crippen molar-refractivity contribution in [1.82, 2.24) is 9.97 Å². The summed E-state index contributed by atoms with van der Waals surface area (Å²) in [4.78, 5) is 30.5. The van der Waals surface area contributed by atoms with Crippen LogP contribution in [0, 0.1) is 6.92 Å². The van der Waals surface area contributed by atoms with E-state index in [1.165, 1.54) is 19.2 Å². The standard InChI is InChI=1S/C18H15ClN2O3/c1-10-13-5-3-4-6-14(13)21-16(17(10)19)9-24-18(23)15-7-12(8-20-15)11(2)22/h3-8,20H,9H2,1-2H3. The summed E-state index contributed by atoms with van der Waals surface area (Å²) in [5, 5.41) is 1.45. The van der Waals surface area contributed by atoms with Gasteiger partial charge in [0.25, 0.3) is 0 Å². The van der Waals surface area contributed by atoms with Gasteiger partial charge >= 0.3 is 5.97 Å². The smallest absolute Gasteiger partial charge is 0.355 e. The van der Waals surface area contributed by atoms with Crippen molar-refractivity contribution >= 4 is 34.3 Å². The Morgan fingerprint density at radius 3 is 2.75 bits per heavy atom. The fourth-order valence-corrected chi connectivity index (χ4v) is 2.64. The number of aryl methyl sites for hydroxylation is 1. The highest BCUT2D eigenvalue weighted by Crippen LogP contribution is 2.27. The Morgan fingerprint density at radius 2 is 2.04 bits per heavy atom. The van der Waals surface area contributed by atoms with Crippen LogP contribution in [0.3, 0.4) is 0 Å². The zero-order chi connectivity index (χ0) is 17.3. The van der Waals surface area contributed by atoms with Gasteiger partial charge in [-0.1, -0.05) is 29.8 Å². The highest BCUT2D eigenvalue weighted by atomic mass is 35.5. The average Bonchev–Trinajstić information content (AvgIpc) is 3.07. The van der Waals surface area contributed by atoms with E-state index in [1.807, 2.05) is 31.2 Å². The average molecular weight is 343 g/mol. The van der Waals surface area contributed by atoms with E-state index < -0.39 is 5.97 Å². The number of rotatable bonds is 4. The van der Waals surface area contributed by atoms with Gasteiger partial charge in [0.15, 0.2) is 5.78 Å². The molecule has 2 aromatic heterocycles. The quantitative estimate of drug-likeness (QED) is 0.572. The molecule has 0 amide bonds. The molecule has 3 aromatic rings. The van der Waals surface area contributed by atoms with Gasteiger partial charge in [0.1, 0.15) is 12.3 Å². The number of nitrogens with one attached hydrogen (secondary N) is 1. The third-order valence-corrected chi connectivity index (χ3v) is 4.30. The number of carbonyl (C=O) groups is 2. The molecule has 0 saturated heterocycles. The molecule has 0 fully saturated rings. The van der Waals surface area contributed by atoms with Crippen LogP contribution in [0.5, 0.6) is 0 Å². The van der Waals surface area contributed by atoms with Crippen LogP contribution < -0.4 is 0 Å². The predicted octanol–water partition coefficient (Wildman–Crippen LogP) is 4.08. The molecule has 0 bridgehead atoms. The molecule has 0 aliphatic carbocycles. The molecule has 0 radical (unpaired) electrons. The second kappa shape index (κ2) is 6.45. The zero-order valence-electron chi connectivity index (χ0n) is 13.2. The molecule has 0 spiro atoms. The van der Waals surface area contributed by atoms with E-state index in [2.05, 4.69) is 9.97 Å². The maximum absolute atomic E-state index is 12.1. The number of H-pyrrole nitrogens is 1. The number of aromatic nitrogens is 2. The van der Waals surface area contributed by atoms with Crippen molar-refractivity contribution in [3.8, 4) is 0 Å². The first-order valence-electron chi connectivity index (χ1n) is 7.37. The van der Waals surface area contributed by atoms with Crippen molar-refractivity contribution in [2.45, 2.75) is 20.5 Å². The molecule has 0 aliphatic rings. The fourth-order valence-electron chi connectivity index (χ4n) is 2.44. The van der Waals surface area contributed by atoms with Crippen molar-refractivity contribution < 1.29 is 14.3 Å². The molecule has 24 heavy (non-hydrogen) atoms. The summed E-state index contributed by atoms with van der Waals surface area (Å²) in [6.07, 6.45) is 1.48. The largest absolute Gasteiger partial charge is 0.454 e. The molecular formula is C18H15ClN2O3. The van der Waals surface area contributed by atoms with Gasteiger partial charge in [-0.25, -0.2) is 9.78 Å². The number of ether oxygens (including phenoxy) is 1. The Labute approximate surface area is 143 Å². The van der Waals surface area contributed by atoms with E-state index >= 15 is 0 Å². The second-order valence-corrected chi connectivity index (χ2v) is 5.83. The lowest BCUT2D eigenvalue weighted by Gasteiger charge is -2.10. The number of aromatic amines is 1. The summed E-state index contributed by atoms with van der Waals surface area (Å²) in [6.45, 7) is 3.29. The summed E-state index contributed by atoms with van der Waals surface area (Å²) >= 11 is 6.34. The van der Waals surface area contributed by atoms with E-state index in [-0.39, 0.29) is 18.1 Å². The first kappa shape index (κ1) is 16.2. The molecular weight excluding hydrogens is 328 g/mol. The van der Waals surface area contributed by atoms with E-state index in [9.17, 15) is 9.59 Å². The van der Waals surface area contributed by atoms with Gasteiger partial charge in [-0.2, -0.15) is 0 Å². The molecule has 0 atom stereocenters. The summed E-state index contributed by atoms with van der Waals surface area (Å²) in [5.74, 6) is -0.689. The number of hydrogen-bond donors (Lipinski definition) is 1. The number of Topliss-reactive ketones (excluding diaryl/α,β-unsaturated/α-hetero) is 1. The Morgan fingerprint density at radius 1 is 1.29 bits per heavy atom. The molecule has 3 rings (SSSR count). The molecule has 0 unspecified atom stereocenters. The second-order valence-electron chi connectivity index (χ2n) is 5.45. The minimum atomic E-state index is -0.564.